The fourth-order valence-corrected chi connectivity index (χ4v) is 5.41. The van der Waals surface area contributed by atoms with Crippen LogP contribution in [0.2, 0.25) is 0 Å². The fourth-order valence-electron chi connectivity index (χ4n) is 5.41. The van der Waals surface area contributed by atoms with Gasteiger partial charge in [0.05, 0.1) is 42.1 Å². The molecule has 0 amide bonds. The topological polar surface area (TPSA) is 207 Å². The summed E-state index contributed by atoms with van der Waals surface area (Å²) in [5.74, 6) is -1.25. The molecule has 0 aliphatic heterocycles. The van der Waals surface area contributed by atoms with Gasteiger partial charge in [-0.2, -0.15) is 10.5 Å². The Morgan fingerprint density at radius 3 is 1.92 bits per heavy atom. The van der Waals surface area contributed by atoms with Gasteiger partial charge in [-0.05, 0) is 43.4 Å². The smallest absolute Gasteiger partial charge is 0.330 e. The molecule has 15 heteroatoms. The van der Waals surface area contributed by atoms with E-state index in [0.29, 0.717) is 50.2 Å². The predicted octanol–water partition coefficient (Wildman–Crippen LogP) is 7.96. The SMILES string of the molecule is C=CC(=O)OCCCCN(CCCCOC(=O)C=C)c1cc(OC(=O)CC(C)CC(C)(C)C)c(N=Nc2c(C#N)cc([N+](=O)[O-])cc2C#N)cc1OC. The molecule has 15 nitrogen and oxygen atoms in total. The van der Waals surface area contributed by atoms with Crippen molar-refractivity contribution in [2.24, 2.45) is 21.6 Å². The summed E-state index contributed by atoms with van der Waals surface area (Å²) >= 11 is 0. The van der Waals surface area contributed by atoms with Gasteiger partial charge < -0.3 is 23.8 Å². The number of esters is 3. The molecule has 0 aliphatic rings. The maximum Gasteiger partial charge on any atom is 0.330 e. The Labute approximate surface area is 309 Å². The van der Waals surface area contributed by atoms with E-state index in [0.717, 1.165) is 30.7 Å². The summed E-state index contributed by atoms with van der Waals surface area (Å²) in [5, 5.41) is 39.2. The number of rotatable bonds is 21. The van der Waals surface area contributed by atoms with Crippen LogP contribution in [-0.2, 0) is 23.9 Å². The minimum absolute atomic E-state index is 0.0105. The molecule has 0 N–H and O–H groups in total. The third-order valence-corrected chi connectivity index (χ3v) is 7.57. The first kappa shape index (κ1) is 43.1. The maximum absolute atomic E-state index is 13.3. The van der Waals surface area contributed by atoms with E-state index in [1.807, 2.05) is 24.0 Å². The van der Waals surface area contributed by atoms with Gasteiger partial charge in [0, 0.05) is 55.9 Å². The number of carbonyl (C=O) groups excluding carboxylic acids is 3. The number of hydrogen-bond donors (Lipinski definition) is 0. The van der Waals surface area contributed by atoms with Crippen molar-refractivity contribution in [1.82, 2.24) is 0 Å². The van der Waals surface area contributed by atoms with Gasteiger partial charge in [0.1, 0.15) is 29.3 Å². The quantitative estimate of drug-likeness (QED) is 0.0228. The number of nitro groups is 1. The average molecular weight is 731 g/mol. The van der Waals surface area contributed by atoms with Gasteiger partial charge in [0.25, 0.3) is 5.69 Å². The molecule has 0 saturated carbocycles. The highest BCUT2D eigenvalue weighted by Gasteiger charge is 2.23. The van der Waals surface area contributed by atoms with Crippen LogP contribution in [0.3, 0.4) is 0 Å². The Hall–Kier alpha value is -6.09. The van der Waals surface area contributed by atoms with Crippen LogP contribution >= 0.6 is 0 Å². The number of nitriles is 2. The van der Waals surface area contributed by atoms with E-state index in [1.54, 1.807) is 6.07 Å². The summed E-state index contributed by atoms with van der Waals surface area (Å²) in [5.41, 5.74) is -0.615. The molecule has 1 atom stereocenters. The third kappa shape index (κ3) is 14.6. The molecule has 2 aromatic rings. The van der Waals surface area contributed by atoms with E-state index in [9.17, 15) is 35.0 Å². The lowest BCUT2D eigenvalue weighted by atomic mass is 9.84. The number of hydrogen-bond acceptors (Lipinski definition) is 14. The normalized spacial score (nSPS) is 11.5. The van der Waals surface area contributed by atoms with Crippen molar-refractivity contribution >= 4 is 40.7 Å². The Balaban J connectivity index is 2.62. The molecule has 0 bridgehead atoms. The van der Waals surface area contributed by atoms with E-state index in [2.05, 4.69) is 44.2 Å². The number of non-ortho nitro benzene ring substituents is 1. The number of azo groups is 1. The summed E-state index contributed by atoms with van der Waals surface area (Å²) in [6, 6.07) is 8.70. The van der Waals surface area contributed by atoms with Crippen molar-refractivity contribution in [2.75, 3.05) is 38.3 Å². The van der Waals surface area contributed by atoms with Crippen LogP contribution in [0.4, 0.5) is 22.7 Å². The summed E-state index contributed by atoms with van der Waals surface area (Å²) in [4.78, 5) is 49.0. The molecule has 1 unspecified atom stereocenters. The van der Waals surface area contributed by atoms with Crippen molar-refractivity contribution in [2.45, 2.75) is 66.2 Å². The molecule has 0 spiro atoms. The molecule has 0 heterocycles. The highest BCUT2D eigenvalue weighted by Crippen LogP contribution is 2.42. The Kier molecular flexibility index (Phi) is 17.3. The largest absolute Gasteiger partial charge is 0.494 e. The zero-order valence-corrected chi connectivity index (χ0v) is 30.9. The van der Waals surface area contributed by atoms with Crippen LogP contribution in [0.15, 0.2) is 59.8 Å². The lowest BCUT2D eigenvalue weighted by Gasteiger charge is -2.27. The maximum atomic E-state index is 13.3. The van der Waals surface area contributed by atoms with Crippen molar-refractivity contribution in [3.63, 3.8) is 0 Å². The predicted molar refractivity (Wildman–Crippen MR) is 196 cm³/mol. The van der Waals surface area contributed by atoms with E-state index in [-0.39, 0.29) is 59.2 Å². The molecule has 0 fully saturated rings. The summed E-state index contributed by atoms with van der Waals surface area (Å²) in [6.07, 6.45) is 5.29. The summed E-state index contributed by atoms with van der Waals surface area (Å²) in [7, 11) is 1.44. The van der Waals surface area contributed by atoms with Crippen LogP contribution < -0.4 is 14.4 Å². The van der Waals surface area contributed by atoms with Gasteiger partial charge in [0.2, 0.25) is 0 Å². The second-order valence-corrected chi connectivity index (χ2v) is 13.3. The van der Waals surface area contributed by atoms with Crippen LogP contribution in [0.1, 0.15) is 77.3 Å². The monoisotopic (exact) mass is 730 g/mol. The Bertz CT molecular complexity index is 1700. The molecule has 2 rings (SSSR count). The van der Waals surface area contributed by atoms with Crippen LogP contribution in [0.5, 0.6) is 11.5 Å². The number of nitro benzene ring substituents is 1. The second kappa shape index (κ2) is 21.3. The number of ether oxygens (including phenoxy) is 4. The number of benzene rings is 2. The second-order valence-electron chi connectivity index (χ2n) is 13.3. The van der Waals surface area contributed by atoms with Crippen molar-refractivity contribution in [3.05, 3.63) is 70.8 Å². The van der Waals surface area contributed by atoms with Gasteiger partial charge in [-0.15, -0.1) is 10.2 Å². The van der Waals surface area contributed by atoms with Gasteiger partial charge >= 0.3 is 17.9 Å². The standard InChI is InChI=1S/C38H46N6O9/c1-8-34(45)51-16-12-10-14-43(15-11-13-17-52-35(46)9-2)31-22-32(53-36(47)18-26(3)23-38(4,5)6)30(21-33(31)50-7)41-42-37-27(24-39)19-29(44(48)49)20-28(37)25-40/h8-9,19-22,26H,1-2,10-18,23H2,3-7H3. The molecule has 282 valence electrons. The molecular formula is C38H46N6O9. The number of unbranched alkanes of at least 4 members (excludes halogenated alkanes) is 2. The minimum Gasteiger partial charge on any atom is -0.494 e. The van der Waals surface area contributed by atoms with Crippen LogP contribution in [0, 0.1) is 44.1 Å². The molecule has 0 radical (unpaired) electrons. The first-order valence-electron chi connectivity index (χ1n) is 17.0. The zero-order chi connectivity index (χ0) is 39.6. The van der Waals surface area contributed by atoms with Crippen molar-refractivity contribution < 1.29 is 38.3 Å². The Morgan fingerprint density at radius 2 is 1.47 bits per heavy atom. The summed E-state index contributed by atoms with van der Waals surface area (Å²) < 4.78 is 21.9. The number of anilines is 1. The van der Waals surface area contributed by atoms with Crippen molar-refractivity contribution in [1.29, 1.82) is 10.5 Å². The first-order valence-corrected chi connectivity index (χ1v) is 17.0. The number of nitrogens with zero attached hydrogens (tertiary/aromatic N) is 6. The molecule has 2 aromatic carbocycles. The van der Waals surface area contributed by atoms with E-state index < -0.39 is 28.5 Å². The van der Waals surface area contributed by atoms with Crippen molar-refractivity contribution in [3.8, 4) is 23.6 Å². The van der Waals surface area contributed by atoms with Gasteiger partial charge in [-0.25, -0.2) is 9.59 Å². The molecule has 0 aromatic heterocycles. The molecule has 0 aliphatic carbocycles. The fraction of sp³-hybridized carbons (Fsp3) is 0.447. The highest BCUT2D eigenvalue weighted by molar-refractivity contribution is 5.81. The first-order chi connectivity index (χ1) is 25.2. The zero-order valence-electron chi connectivity index (χ0n) is 30.9. The van der Waals surface area contributed by atoms with Crippen LogP contribution in [0.25, 0.3) is 0 Å². The Morgan fingerprint density at radius 1 is 0.925 bits per heavy atom. The van der Waals surface area contributed by atoms with E-state index >= 15 is 0 Å². The third-order valence-electron chi connectivity index (χ3n) is 7.57. The lowest BCUT2D eigenvalue weighted by Crippen LogP contribution is -2.27. The van der Waals surface area contributed by atoms with Gasteiger partial charge in [-0.1, -0.05) is 40.9 Å². The number of carbonyl (C=O) groups is 3. The van der Waals surface area contributed by atoms with E-state index in [1.165, 1.54) is 13.2 Å². The highest BCUT2D eigenvalue weighted by atomic mass is 16.6. The summed E-state index contributed by atoms with van der Waals surface area (Å²) in [6.45, 7) is 16.3. The lowest BCUT2D eigenvalue weighted by molar-refractivity contribution is -0.384. The molecule has 0 saturated heterocycles. The van der Waals surface area contributed by atoms with Gasteiger partial charge in [-0.3, -0.25) is 14.9 Å². The molecular weight excluding hydrogens is 684 g/mol. The van der Waals surface area contributed by atoms with Crippen LogP contribution in [-0.4, -0.2) is 56.2 Å². The number of methoxy groups -OCH3 is 1. The molecule has 53 heavy (non-hydrogen) atoms. The van der Waals surface area contributed by atoms with Gasteiger partial charge in [0.15, 0.2) is 5.75 Å². The van der Waals surface area contributed by atoms with E-state index in [4.69, 9.17) is 18.9 Å². The average Bonchev–Trinajstić information content (AvgIpc) is 3.11. The minimum atomic E-state index is -0.724.